The Bertz CT molecular complexity index is 345. The van der Waals surface area contributed by atoms with Crippen LogP contribution in [0.2, 0.25) is 0 Å². The summed E-state index contributed by atoms with van der Waals surface area (Å²) in [6, 6.07) is 7.52. The number of nitrogen functional groups attached to an aromatic ring is 1. The van der Waals surface area contributed by atoms with Crippen molar-refractivity contribution in [2.75, 3.05) is 5.73 Å². The van der Waals surface area contributed by atoms with Crippen LogP contribution in [0.25, 0.3) is 0 Å². The van der Waals surface area contributed by atoms with Gasteiger partial charge < -0.3 is 11.1 Å². The van der Waals surface area contributed by atoms with Crippen molar-refractivity contribution in [2.45, 2.75) is 25.3 Å². The Balaban J connectivity index is 2.06. The summed E-state index contributed by atoms with van der Waals surface area (Å²) in [5, 5.41) is 2.95. The molecule has 1 saturated carbocycles. The molecular formula is C11H14N2O. The summed E-state index contributed by atoms with van der Waals surface area (Å²) in [5.41, 5.74) is 6.82. The molecule has 0 radical (unpaired) electrons. The Morgan fingerprint density at radius 1 is 1.36 bits per heavy atom. The molecule has 0 aliphatic heterocycles. The van der Waals surface area contributed by atoms with Gasteiger partial charge in [0.15, 0.2) is 0 Å². The zero-order valence-electron chi connectivity index (χ0n) is 7.99. The number of benzene rings is 1. The number of amides is 1. The van der Waals surface area contributed by atoms with E-state index in [1.54, 1.807) is 12.1 Å². The summed E-state index contributed by atoms with van der Waals surface area (Å²) in [4.78, 5) is 11.7. The Hall–Kier alpha value is -1.51. The van der Waals surface area contributed by atoms with Crippen molar-refractivity contribution in [1.29, 1.82) is 0 Å². The second-order valence-electron chi connectivity index (χ2n) is 3.69. The van der Waals surface area contributed by atoms with Gasteiger partial charge in [-0.15, -0.1) is 0 Å². The molecule has 0 atom stereocenters. The van der Waals surface area contributed by atoms with Crippen LogP contribution < -0.4 is 11.1 Å². The van der Waals surface area contributed by atoms with E-state index in [2.05, 4.69) is 5.32 Å². The van der Waals surface area contributed by atoms with Crippen LogP contribution in [-0.4, -0.2) is 11.9 Å². The third-order valence-electron chi connectivity index (χ3n) is 2.65. The third kappa shape index (κ3) is 1.71. The molecule has 1 fully saturated rings. The van der Waals surface area contributed by atoms with Gasteiger partial charge in [-0.25, -0.2) is 0 Å². The molecular weight excluding hydrogens is 176 g/mol. The maximum Gasteiger partial charge on any atom is 0.253 e. The molecule has 1 aromatic carbocycles. The van der Waals surface area contributed by atoms with E-state index in [4.69, 9.17) is 5.73 Å². The van der Waals surface area contributed by atoms with Crippen LogP contribution in [0.4, 0.5) is 5.69 Å². The first-order valence-corrected chi connectivity index (χ1v) is 4.93. The smallest absolute Gasteiger partial charge is 0.253 e. The zero-order valence-corrected chi connectivity index (χ0v) is 7.99. The molecule has 3 nitrogen and oxygen atoms in total. The highest BCUT2D eigenvalue weighted by Gasteiger charge is 2.20. The minimum Gasteiger partial charge on any atom is -0.398 e. The number of hydrogen-bond acceptors (Lipinski definition) is 2. The van der Waals surface area contributed by atoms with E-state index in [0.717, 1.165) is 12.8 Å². The van der Waals surface area contributed by atoms with E-state index in [-0.39, 0.29) is 5.91 Å². The number of carbonyl (C=O) groups is 1. The Kier molecular flexibility index (Phi) is 2.39. The summed E-state index contributed by atoms with van der Waals surface area (Å²) in [5.74, 6) is -0.0483. The van der Waals surface area contributed by atoms with Crippen molar-refractivity contribution in [3.8, 4) is 0 Å². The molecule has 1 aliphatic rings. The largest absolute Gasteiger partial charge is 0.398 e. The fraction of sp³-hybridized carbons (Fsp3) is 0.364. The maximum atomic E-state index is 11.7. The van der Waals surface area contributed by atoms with Gasteiger partial charge in [-0.3, -0.25) is 4.79 Å². The van der Waals surface area contributed by atoms with E-state index in [0.29, 0.717) is 17.3 Å². The summed E-state index contributed by atoms with van der Waals surface area (Å²) < 4.78 is 0. The van der Waals surface area contributed by atoms with Crippen LogP contribution in [0.1, 0.15) is 29.6 Å². The quantitative estimate of drug-likeness (QED) is 0.695. The van der Waals surface area contributed by atoms with Crippen LogP contribution in [0.3, 0.4) is 0 Å². The van der Waals surface area contributed by atoms with Crippen molar-refractivity contribution >= 4 is 11.6 Å². The van der Waals surface area contributed by atoms with Gasteiger partial charge in [-0.1, -0.05) is 12.1 Å². The number of carbonyl (C=O) groups excluding carboxylic acids is 1. The molecule has 0 bridgehead atoms. The average molecular weight is 190 g/mol. The molecule has 74 valence electrons. The third-order valence-corrected chi connectivity index (χ3v) is 2.65. The minimum atomic E-state index is -0.0483. The van der Waals surface area contributed by atoms with Crippen molar-refractivity contribution in [1.82, 2.24) is 5.32 Å². The summed E-state index contributed by atoms with van der Waals surface area (Å²) in [6.07, 6.45) is 3.41. The number of rotatable bonds is 2. The first-order valence-electron chi connectivity index (χ1n) is 4.93. The molecule has 0 unspecified atom stereocenters. The topological polar surface area (TPSA) is 55.1 Å². The van der Waals surface area contributed by atoms with E-state index in [9.17, 15) is 4.79 Å². The predicted molar refractivity (Wildman–Crippen MR) is 56.0 cm³/mol. The molecule has 0 saturated heterocycles. The van der Waals surface area contributed by atoms with E-state index in [1.165, 1.54) is 6.42 Å². The Morgan fingerprint density at radius 3 is 2.64 bits per heavy atom. The monoisotopic (exact) mass is 190 g/mol. The molecule has 1 aromatic rings. The summed E-state index contributed by atoms with van der Waals surface area (Å²) in [6.45, 7) is 0. The van der Waals surface area contributed by atoms with Gasteiger partial charge >= 0.3 is 0 Å². The van der Waals surface area contributed by atoms with Gasteiger partial charge in [-0.2, -0.15) is 0 Å². The fourth-order valence-electron chi connectivity index (χ4n) is 1.52. The predicted octanol–water partition coefficient (Wildman–Crippen LogP) is 1.55. The molecule has 1 amide bonds. The van der Waals surface area contributed by atoms with Crippen molar-refractivity contribution in [2.24, 2.45) is 0 Å². The molecule has 0 aromatic heterocycles. The number of hydrogen-bond donors (Lipinski definition) is 2. The molecule has 2 rings (SSSR count). The number of nitrogens with two attached hydrogens (primary N) is 1. The fourth-order valence-corrected chi connectivity index (χ4v) is 1.52. The summed E-state index contributed by atoms with van der Waals surface area (Å²) in [7, 11) is 0. The SMILES string of the molecule is Nc1ccccc1C(=O)NC1CCC1. The molecule has 3 heteroatoms. The summed E-state index contributed by atoms with van der Waals surface area (Å²) >= 11 is 0. The van der Waals surface area contributed by atoms with Crippen molar-refractivity contribution in [3.05, 3.63) is 29.8 Å². The van der Waals surface area contributed by atoms with E-state index < -0.39 is 0 Å². The lowest BCUT2D eigenvalue weighted by Crippen LogP contribution is -2.39. The molecule has 1 aliphatic carbocycles. The lowest BCUT2D eigenvalue weighted by Gasteiger charge is -2.26. The maximum absolute atomic E-state index is 11.7. The van der Waals surface area contributed by atoms with Crippen LogP contribution in [0.15, 0.2) is 24.3 Å². The molecule has 3 N–H and O–H groups in total. The lowest BCUT2D eigenvalue weighted by molar-refractivity contribution is 0.0918. The molecule has 14 heavy (non-hydrogen) atoms. The first-order chi connectivity index (χ1) is 6.77. The van der Waals surface area contributed by atoms with Crippen molar-refractivity contribution < 1.29 is 4.79 Å². The van der Waals surface area contributed by atoms with Gasteiger partial charge in [0.05, 0.1) is 5.56 Å². The highest BCUT2D eigenvalue weighted by molar-refractivity contribution is 5.99. The average Bonchev–Trinajstić information content (AvgIpc) is 2.12. The van der Waals surface area contributed by atoms with E-state index in [1.807, 2.05) is 12.1 Å². The second-order valence-corrected chi connectivity index (χ2v) is 3.69. The Labute approximate surface area is 83.3 Å². The molecule has 0 spiro atoms. The van der Waals surface area contributed by atoms with Crippen molar-refractivity contribution in [3.63, 3.8) is 0 Å². The van der Waals surface area contributed by atoms with Crippen LogP contribution >= 0.6 is 0 Å². The Morgan fingerprint density at radius 2 is 2.07 bits per heavy atom. The number of nitrogens with one attached hydrogen (secondary N) is 1. The highest BCUT2D eigenvalue weighted by Crippen LogP contribution is 2.19. The highest BCUT2D eigenvalue weighted by atomic mass is 16.1. The van der Waals surface area contributed by atoms with Gasteiger partial charge in [0.1, 0.15) is 0 Å². The second kappa shape index (κ2) is 3.70. The zero-order chi connectivity index (χ0) is 9.97. The van der Waals surface area contributed by atoms with Crippen LogP contribution in [-0.2, 0) is 0 Å². The van der Waals surface area contributed by atoms with Crippen LogP contribution in [0, 0.1) is 0 Å². The van der Waals surface area contributed by atoms with E-state index >= 15 is 0 Å². The number of para-hydroxylation sites is 1. The minimum absolute atomic E-state index is 0.0483. The normalized spacial score (nSPS) is 16.0. The first kappa shape index (κ1) is 9.06. The van der Waals surface area contributed by atoms with Gasteiger partial charge in [0.2, 0.25) is 0 Å². The van der Waals surface area contributed by atoms with Gasteiger partial charge in [-0.05, 0) is 31.4 Å². The lowest BCUT2D eigenvalue weighted by atomic mass is 9.93. The van der Waals surface area contributed by atoms with Gasteiger partial charge in [0.25, 0.3) is 5.91 Å². The molecule has 0 heterocycles. The van der Waals surface area contributed by atoms with Gasteiger partial charge in [0, 0.05) is 11.7 Å². The van der Waals surface area contributed by atoms with Crippen LogP contribution in [0.5, 0.6) is 0 Å². The standard InChI is InChI=1S/C11H14N2O/c12-10-7-2-1-6-9(10)11(14)13-8-4-3-5-8/h1-2,6-8H,3-5,12H2,(H,13,14). The number of anilines is 1.